The predicted molar refractivity (Wildman–Crippen MR) is 102 cm³/mol. The first-order chi connectivity index (χ1) is 12.5. The van der Waals surface area contributed by atoms with Crippen LogP contribution in [-0.4, -0.2) is 21.1 Å². The van der Waals surface area contributed by atoms with Gasteiger partial charge in [0.25, 0.3) is 5.91 Å². The molecule has 0 bridgehead atoms. The molecule has 0 saturated carbocycles. The number of carbonyl (C=O) groups is 1. The van der Waals surface area contributed by atoms with Gasteiger partial charge in [-0.1, -0.05) is 40.2 Å². The molecule has 0 aliphatic heterocycles. The van der Waals surface area contributed by atoms with Crippen LogP contribution in [0.2, 0.25) is 0 Å². The van der Waals surface area contributed by atoms with Crippen LogP contribution in [0, 0.1) is 0 Å². The van der Waals surface area contributed by atoms with Gasteiger partial charge in [-0.25, -0.2) is 0 Å². The largest absolute Gasteiger partial charge is 0.507 e. The third-order valence-corrected chi connectivity index (χ3v) is 4.54. The molecule has 0 atom stereocenters. The summed E-state index contributed by atoms with van der Waals surface area (Å²) in [6, 6.07) is 15.8. The summed E-state index contributed by atoms with van der Waals surface area (Å²) in [7, 11) is 0. The standard InChI is InChI=1S/C19H12BrN3O3/c20-12-5-6-15-13(9-12)17(19(26)21-15)22-23-18(25)14-7-10-3-1-2-4-11(10)8-16(14)24/h1-9,21,24,26H. The van der Waals surface area contributed by atoms with Crippen molar-refractivity contribution in [1.29, 1.82) is 0 Å². The highest BCUT2D eigenvalue weighted by atomic mass is 79.9. The Kier molecular flexibility index (Phi) is 3.93. The summed E-state index contributed by atoms with van der Waals surface area (Å²) in [4.78, 5) is 15.2. The van der Waals surface area contributed by atoms with Crippen molar-refractivity contribution in [3.05, 3.63) is 64.6 Å². The highest BCUT2D eigenvalue weighted by molar-refractivity contribution is 9.10. The number of aromatic nitrogens is 1. The summed E-state index contributed by atoms with van der Waals surface area (Å²) in [5.41, 5.74) is 0.878. The van der Waals surface area contributed by atoms with E-state index in [4.69, 9.17) is 0 Å². The van der Waals surface area contributed by atoms with Crippen molar-refractivity contribution < 1.29 is 15.0 Å². The minimum atomic E-state index is -0.697. The molecule has 0 aliphatic rings. The van der Waals surface area contributed by atoms with Crippen LogP contribution in [0.25, 0.3) is 21.7 Å². The van der Waals surface area contributed by atoms with Gasteiger partial charge in [0.15, 0.2) is 5.69 Å². The van der Waals surface area contributed by atoms with Crippen LogP contribution < -0.4 is 0 Å². The average Bonchev–Trinajstić information content (AvgIpc) is 2.93. The van der Waals surface area contributed by atoms with Gasteiger partial charge in [-0.05, 0) is 41.1 Å². The molecule has 6 nitrogen and oxygen atoms in total. The Morgan fingerprint density at radius 1 is 1.00 bits per heavy atom. The molecule has 0 unspecified atom stereocenters. The fourth-order valence-electron chi connectivity index (χ4n) is 2.79. The van der Waals surface area contributed by atoms with Crippen molar-refractivity contribution in [2.45, 2.75) is 0 Å². The first kappa shape index (κ1) is 16.3. The number of aromatic amines is 1. The van der Waals surface area contributed by atoms with Crippen molar-refractivity contribution in [1.82, 2.24) is 4.98 Å². The van der Waals surface area contributed by atoms with Crippen molar-refractivity contribution >= 4 is 49.2 Å². The number of H-pyrrole nitrogens is 1. The molecule has 3 aromatic carbocycles. The van der Waals surface area contributed by atoms with Crippen molar-refractivity contribution in [3.63, 3.8) is 0 Å². The van der Waals surface area contributed by atoms with Gasteiger partial charge in [-0.2, -0.15) is 0 Å². The Morgan fingerprint density at radius 3 is 2.50 bits per heavy atom. The quantitative estimate of drug-likeness (QED) is 0.385. The van der Waals surface area contributed by atoms with Gasteiger partial charge in [0.05, 0.1) is 11.1 Å². The second kappa shape index (κ2) is 6.27. The molecule has 7 heteroatoms. The Hall–Kier alpha value is -3.19. The number of nitrogens with one attached hydrogen (secondary N) is 1. The lowest BCUT2D eigenvalue weighted by Gasteiger charge is -2.03. The Morgan fingerprint density at radius 2 is 1.73 bits per heavy atom. The molecular formula is C19H12BrN3O3. The third-order valence-electron chi connectivity index (χ3n) is 4.05. The summed E-state index contributed by atoms with van der Waals surface area (Å²) in [6.07, 6.45) is 0. The fraction of sp³-hybridized carbons (Fsp3) is 0. The predicted octanol–water partition coefficient (Wildman–Crippen LogP) is 5.42. The molecular weight excluding hydrogens is 398 g/mol. The van der Waals surface area contributed by atoms with Gasteiger partial charge in [-0.15, -0.1) is 10.2 Å². The molecule has 26 heavy (non-hydrogen) atoms. The number of carbonyl (C=O) groups excluding carboxylic acids is 1. The minimum Gasteiger partial charge on any atom is -0.507 e. The second-order valence-electron chi connectivity index (χ2n) is 5.73. The number of rotatable bonds is 2. The lowest BCUT2D eigenvalue weighted by Crippen LogP contribution is -1.94. The van der Waals surface area contributed by atoms with E-state index in [1.165, 1.54) is 6.07 Å². The zero-order chi connectivity index (χ0) is 18.3. The molecule has 4 aromatic rings. The van der Waals surface area contributed by atoms with Gasteiger partial charge >= 0.3 is 0 Å². The van der Waals surface area contributed by atoms with Crippen molar-refractivity contribution in [2.75, 3.05) is 0 Å². The van der Waals surface area contributed by atoms with Gasteiger partial charge in [-0.3, -0.25) is 4.79 Å². The molecule has 0 radical (unpaired) electrons. The van der Waals surface area contributed by atoms with E-state index in [0.717, 1.165) is 15.2 Å². The monoisotopic (exact) mass is 409 g/mol. The molecule has 1 amide bonds. The maximum atomic E-state index is 12.4. The summed E-state index contributed by atoms with van der Waals surface area (Å²) in [5.74, 6) is -1.05. The highest BCUT2D eigenvalue weighted by Gasteiger charge is 2.14. The molecule has 3 N–H and O–H groups in total. The number of phenols is 1. The number of amides is 1. The Balaban J connectivity index is 1.74. The van der Waals surface area contributed by atoms with E-state index < -0.39 is 5.91 Å². The SMILES string of the molecule is O=C(N=Nc1c(O)[nH]c2ccc(Br)cc12)c1cc2ccccc2cc1O. The molecule has 0 spiro atoms. The van der Waals surface area contributed by atoms with E-state index in [1.54, 1.807) is 18.2 Å². The third kappa shape index (κ3) is 2.82. The molecule has 1 heterocycles. The number of hydrogen-bond acceptors (Lipinski definition) is 4. The number of aromatic hydroxyl groups is 2. The smallest absolute Gasteiger partial charge is 0.299 e. The van der Waals surface area contributed by atoms with E-state index in [9.17, 15) is 15.0 Å². The Labute approximate surface area is 155 Å². The van der Waals surface area contributed by atoms with E-state index in [-0.39, 0.29) is 22.9 Å². The summed E-state index contributed by atoms with van der Waals surface area (Å²) >= 11 is 3.36. The maximum absolute atomic E-state index is 12.4. The number of azo groups is 1. The zero-order valence-corrected chi connectivity index (χ0v) is 14.9. The number of benzene rings is 3. The van der Waals surface area contributed by atoms with E-state index in [1.807, 2.05) is 30.3 Å². The van der Waals surface area contributed by atoms with Crippen LogP contribution in [0.4, 0.5) is 5.69 Å². The van der Waals surface area contributed by atoms with Crippen molar-refractivity contribution in [2.24, 2.45) is 10.2 Å². The van der Waals surface area contributed by atoms with E-state index >= 15 is 0 Å². The van der Waals surface area contributed by atoms with Crippen LogP contribution in [0.5, 0.6) is 11.6 Å². The number of phenolic OH excluding ortho intramolecular Hbond substituents is 1. The number of halogens is 1. The molecule has 4 rings (SSSR count). The lowest BCUT2D eigenvalue weighted by atomic mass is 10.1. The first-order valence-corrected chi connectivity index (χ1v) is 8.50. The van der Waals surface area contributed by atoms with Gasteiger partial charge in [0.2, 0.25) is 5.88 Å². The number of fused-ring (bicyclic) bond motifs is 2. The highest BCUT2D eigenvalue weighted by Crippen LogP contribution is 2.37. The molecule has 128 valence electrons. The van der Waals surface area contributed by atoms with Gasteiger partial charge in [0, 0.05) is 9.86 Å². The summed E-state index contributed by atoms with van der Waals surface area (Å²) < 4.78 is 0.805. The first-order valence-electron chi connectivity index (χ1n) is 7.71. The molecule has 1 aromatic heterocycles. The van der Waals surface area contributed by atoms with Crippen LogP contribution >= 0.6 is 15.9 Å². The molecule has 0 aliphatic carbocycles. The normalized spacial score (nSPS) is 11.6. The zero-order valence-electron chi connectivity index (χ0n) is 13.3. The van der Waals surface area contributed by atoms with Crippen molar-refractivity contribution in [3.8, 4) is 11.6 Å². The summed E-state index contributed by atoms with van der Waals surface area (Å²) in [5, 5.41) is 30.0. The minimum absolute atomic E-state index is 0.0490. The van der Waals surface area contributed by atoms with E-state index in [0.29, 0.717) is 10.9 Å². The Bertz CT molecular complexity index is 1200. The number of hydrogen-bond donors (Lipinski definition) is 3. The number of nitrogens with zero attached hydrogens (tertiary/aromatic N) is 2. The molecule has 0 saturated heterocycles. The van der Waals surface area contributed by atoms with Crippen LogP contribution in [0.1, 0.15) is 10.4 Å². The van der Waals surface area contributed by atoms with Gasteiger partial charge in [0.1, 0.15) is 5.75 Å². The van der Waals surface area contributed by atoms with Crippen LogP contribution in [0.3, 0.4) is 0 Å². The lowest BCUT2D eigenvalue weighted by molar-refractivity contribution is 0.0992. The second-order valence-corrected chi connectivity index (χ2v) is 6.65. The van der Waals surface area contributed by atoms with Gasteiger partial charge < -0.3 is 15.2 Å². The fourth-order valence-corrected chi connectivity index (χ4v) is 3.15. The van der Waals surface area contributed by atoms with E-state index in [2.05, 4.69) is 31.1 Å². The van der Waals surface area contributed by atoms with Crippen LogP contribution in [0.15, 0.2) is 69.3 Å². The average molecular weight is 410 g/mol. The maximum Gasteiger partial charge on any atom is 0.299 e. The van der Waals surface area contributed by atoms with Crippen LogP contribution in [-0.2, 0) is 0 Å². The topological polar surface area (TPSA) is 98.0 Å². The summed E-state index contributed by atoms with van der Waals surface area (Å²) in [6.45, 7) is 0. The molecule has 0 fully saturated rings.